The topological polar surface area (TPSA) is 23.5 Å². The van der Waals surface area contributed by atoms with Crippen LogP contribution >= 0.6 is 11.8 Å². The summed E-state index contributed by atoms with van der Waals surface area (Å²) in [5.74, 6) is 0. The molecule has 2 atom stereocenters. The van der Waals surface area contributed by atoms with Gasteiger partial charge in [0, 0.05) is 34.8 Å². The van der Waals surface area contributed by atoms with Crippen molar-refractivity contribution in [3.63, 3.8) is 0 Å². The summed E-state index contributed by atoms with van der Waals surface area (Å²) >= 11 is 2.05. The van der Waals surface area contributed by atoms with Gasteiger partial charge in [-0.15, -0.1) is 0 Å². The number of aliphatic hydroxyl groups is 1. The van der Waals surface area contributed by atoms with Gasteiger partial charge in [0.15, 0.2) is 0 Å². The molecule has 0 saturated carbocycles. The Balaban J connectivity index is 2.22. The van der Waals surface area contributed by atoms with Crippen LogP contribution in [0.2, 0.25) is 0 Å². The van der Waals surface area contributed by atoms with Crippen molar-refractivity contribution in [2.45, 2.75) is 31.0 Å². The third kappa shape index (κ3) is 2.53. The fourth-order valence-corrected chi connectivity index (χ4v) is 3.65. The highest BCUT2D eigenvalue weighted by Gasteiger charge is 2.23. The zero-order valence-corrected chi connectivity index (χ0v) is 10.7. The van der Waals surface area contributed by atoms with E-state index in [1.807, 2.05) is 30.0 Å². The Bertz CT molecular complexity index is 346. The predicted octanol–water partition coefficient (Wildman–Crippen LogP) is 2.51. The number of thioether (sulfide) groups is 1. The van der Waals surface area contributed by atoms with E-state index in [9.17, 15) is 5.11 Å². The van der Waals surface area contributed by atoms with Crippen LogP contribution in [0.3, 0.4) is 0 Å². The second-order valence-electron chi connectivity index (χ2n) is 4.45. The van der Waals surface area contributed by atoms with E-state index in [0.717, 1.165) is 18.7 Å². The maximum atomic E-state index is 9.35. The highest BCUT2D eigenvalue weighted by molar-refractivity contribution is 8.00. The number of anilines is 1. The Kier molecular flexibility index (Phi) is 3.77. The van der Waals surface area contributed by atoms with E-state index in [0.29, 0.717) is 10.5 Å². The minimum atomic E-state index is 0.128. The first-order chi connectivity index (χ1) is 7.70. The van der Waals surface area contributed by atoms with E-state index in [4.69, 9.17) is 0 Å². The second kappa shape index (κ2) is 5.11. The summed E-state index contributed by atoms with van der Waals surface area (Å²) in [4.78, 5) is 2.40. The van der Waals surface area contributed by atoms with E-state index in [1.165, 1.54) is 5.69 Å². The Morgan fingerprint density at radius 2 is 1.88 bits per heavy atom. The predicted molar refractivity (Wildman–Crippen MR) is 71.1 cm³/mol. The lowest BCUT2D eigenvalue weighted by molar-refractivity contribution is 0.282. The highest BCUT2D eigenvalue weighted by atomic mass is 32.2. The van der Waals surface area contributed by atoms with E-state index in [-0.39, 0.29) is 6.61 Å². The molecule has 2 rings (SSSR count). The smallest absolute Gasteiger partial charge is 0.0702 e. The van der Waals surface area contributed by atoms with Gasteiger partial charge in [-0.3, -0.25) is 0 Å². The van der Waals surface area contributed by atoms with Crippen LogP contribution in [0.25, 0.3) is 0 Å². The zero-order valence-electron chi connectivity index (χ0n) is 9.89. The van der Waals surface area contributed by atoms with Gasteiger partial charge >= 0.3 is 0 Å². The van der Waals surface area contributed by atoms with Crippen LogP contribution in [0.4, 0.5) is 5.69 Å². The molecular formula is C13H19NOS. The van der Waals surface area contributed by atoms with Gasteiger partial charge in [0.1, 0.15) is 0 Å². The molecule has 0 radical (unpaired) electrons. The summed E-state index contributed by atoms with van der Waals surface area (Å²) in [5.41, 5.74) is 2.23. The van der Waals surface area contributed by atoms with Gasteiger partial charge in [-0.25, -0.2) is 0 Å². The Morgan fingerprint density at radius 3 is 2.50 bits per heavy atom. The average molecular weight is 237 g/mol. The maximum absolute atomic E-state index is 9.35. The fraction of sp³-hybridized carbons (Fsp3) is 0.538. The van der Waals surface area contributed by atoms with Crippen LogP contribution < -0.4 is 4.90 Å². The molecule has 1 heterocycles. The molecule has 2 nitrogen and oxygen atoms in total. The van der Waals surface area contributed by atoms with Crippen LogP contribution in [0.1, 0.15) is 19.4 Å². The molecule has 0 aromatic heterocycles. The molecule has 0 bridgehead atoms. The second-order valence-corrected chi connectivity index (χ2v) is 6.33. The van der Waals surface area contributed by atoms with E-state index < -0.39 is 0 Å². The van der Waals surface area contributed by atoms with Crippen molar-refractivity contribution in [2.24, 2.45) is 0 Å². The number of hydrogen-bond acceptors (Lipinski definition) is 3. The Labute approximate surface area is 102 Å². The Morgan fingerprint density at radius 1 is 1.25 bits per heavy atom. The number of nitrogens with zero attached hydrogens (tertiary/aromatic N) is 1. The standard InChI is InChI=1S/C13H19NOS/c1-10-7-14(8-11(2)16-10)13-6-4-3-5-12(13)9-15/h3-6,10-11,15H,7-9H2,1-2H3. The van der Waals surface area contributed by atoms with Crippen molar-refractivity contribution in [2.75, 3.05) is 18.0 Å². The van der Waals surface area contributed by atoms with E-state index in [2.05, 4.69) is 24.8 Å². The molecule has 1 aromatic carbocycles. The summed E-state index contributed by atoms with van der Waals surface area (Å²) in [7, 11) is 0. The quantitative estimate of drug-likeness (QED) is 0.855. The molecule has 1 saturated heterocycles. The maximum Gasteiger partial charge on any atom is 0.0702 e. The Hall–Kier alpha value is -0.670. The molecular weight excluding hydrogens is 218 g/mol. The molecule has 1 aromatic rings. The minimum absolute atomic E-state index is 0.128. The summed E-state index contributed by atoms with van der Waals surface area (Å²) in [6.45, 7) is 6.82. The number of aliphatic hydroxyl groups excluding tert-OH is 1. The van der Waals surface area contributed by atoms with E-state index in [1.54, 1.807) is 0 Å². The lowest BCUT2D eigenvalue weighted by Crippen LogP contribution is -2.40. The lowest BCUT2D eigenvalue weighted by Gasteiger charge is -2.37. The highest BCUT2D eigenvalue weighted by Crippen LogP contribution is 2.30. The number of rotatable bonds is 2. The van der Waals surface area contributed by atoms with Gasteiger partial charge in [0.25, 0.3) is 0 Å². The largest absolute Gasteiger partial charge is 0.392 e. The number of hydrogen-bond donors (Lipinski definition) is 1. The zero-order chi connectivity index (χ0) is 11.5. The van der Waals surface area contributed by atoms with Gasteiger partial charge in [-0.2, -0.15) is 11.8 Å². The molecule has 3 heteroatoms. The number of benzene rings is 1. The molecule has 1 N–H and O–H groups in total. The van der Waals surface area contributed by atoms with Crippen molar-refractivity contribution in [1.29, 1.82) is 0 Å². The average Bonchev–Trinajstić information content (AvgIpc) is 2.27. The van der Waals surface area contributed by atoms with Gasteiger partial charge in [-0.1, -0.05) is 32.0 Å². The molecule has 88 valence electrons. The summed E-state index contributed by atoms with van der Waals surface area (Å²) in [6.07, 6.45) is 0. The van der Waals surface area contributed by atoms with Crippen molar-refractivity contribution in [3.05, 3.63) is 29.8 Å². The molecule has 2 unspecified atom stereocenters. The monoisotopic (exact) mass is 237 g/mol. The third-order valence-corrected chi connectivity index (χ3v) is 4.15. The van der Waals surface area contributed by atoms with Gasteiger partial charge in [0.05, 0.1) is 6.61 Å². The molecule has 1 fully saturated rings. The van der Waals surface area contributed by atoms with Gasteiger partial charge < -0.3 is 10.0 Å². The summed E-state index contributed by atoms with van der Waals surface area (Å²) < 4.78 is 0. The van der Waals surface area contributed by atoms with Crippen LogP contribution in [-0.2, 0) is 6.61 Å². The molecule has 16 heavy (non-hydrogen) atoms. The normalized spacial score (nSPS) is 25.8. The van der Waals surface area contributed by atoms with Crippen molar-refractivity contribution >= 4 is 17.4 Å². The fourth-order valence-electron chi connectivity index (χ4n) is 2.33. The summed E-state index contributed by atoms with van der Waals surface area (Å²) in [5, 5.41) is 10.7. The first kappa shape index (κ1) is 11.8. The molecule has 0 aliphatic carbocycles. The van der Waals surface area contributed by atoms with Gasteiger partial charge in [0.2, 0.25) is 0 Å². The SMILES string of the molecule is CC1CN(c2ccccc2CO)CC(C)S1. The minimum Gasteiger partial charge on any atom is -0.392 e. The van der Waals surface area contributed by atoms with Crippen molar-refractivity contribution in [3.8, 4) is 0 Å². The van der Waals surface area contributed by atoms with Crippen molar-refractivity contribution in [1.82, 2.24) is 0 Å². The molecule has 1 aliphatic rings. The van der Waals surface area contributed by atoms with Crippen LogP contribution in [0.15, 0.2) is 24.3 Å². The summed E-state index contributed by atoms with van der Waals surface area (Å²) in [6, 6.07) is 8.15. The van der Waals surface area contributed by atoms with Crippen molar-refractivity contribution < 1.29 is 5.11 Å². The first-order valence-corrected chi connectivity index (χ1v) is 6.74. The number of para-hydroxylation sites is 1. The lowest BCUT2D eigenvalue weighted by atomic mass is 10.1. The molecule has 1 aliphatic heterocycles. The van der Waals surface area contributed by atoms with Crippen LogP contribution in [0, 0.1) is 0 Å². The molecule has 0 spiro atoms. The van der Waals surface area contributed by atoms with E-state index >= 15 is 0 Å². The van der Waals surface area contributed by atoms with Crippen LogP contribution in [-0.4, -0.2) is 28.7 Å². The first-order valence-electron chi connectivity index (χ1n) is 5.80. The van der Waals surface area contributed by atoms with Gasteiger partial charge in [-0.05, 0) is 6.07 Å². The molecule has 0 amide bonds. The van der Waals surface area contributed by atoms with Crippen LogP contribution in [0.5, 0.6) is 0 Å². The third-order valence-electron chi connectivity index (χ3n) is 2.92.